The number of phosphoric ester groups is 1. The number of nitrogens with zero attached hydrogens (tertiary/aromatic N) is 1. The molecule has 0 aliphatic carbocycles. The Kier molecular flexibility index (Phi) is 26.5. The van der Waals surface area contributed by atoms with Crippen molar-refractivity contribution in [1.82, 2.24) is 4.90 Å². The molecule has 0 amide bonds. The molecule has 0 saturated carbocycles. The van der Waals surface area contributed by atoms with Crippen molar-refractivity contribution in [2.24, 2.45) is 0 Å². The van der Waals surface area contributed by atoms with Gasteiger partial charge < -0.3 is 19.2 Å². The van der Waals surface area contributed by atoms with Gasteiger partial charge in [-0.3, -0.25) is 4.57 Å². The largest absolute Gasteiger partial charge is 1.00 e. The van der Waals surface area contributed by atoms with E-state index in [1.807, 2.05) is 0 Å². The van der Waals surface area contributed by atoms with E-state index in [2.05, 4.69) is 30.4 Å². The molecular formula is C16H37NNaO4P. The van der Waals surface area contributed by atoms with Crippen molar-refractivity contribution in [2.75, 3.05) is 27.2 Å². The summed E-state index contributed by atoms with van der Waals surface area (Å²) in [7, 11) is -0.0948. The third-order valence-corrected chi connectivity index (χ3v) is 3.84. The van der Waals surface area contributed by atoms with Crippen LogP contribution < -0.4 is 34.5 Å². The van der Waals surface area contributed by atoms with Gasteiger partial charge in [-0.05, 0) is 34.0 Å². The van der Waals surface area contributed by atoms with E-state index in [1.54, 1.807) is 0 Å². The minimum absolute atomic E-state index is 0. The van der Waals surface area contributed by atoms with E-state index in [0.717, 1.165) is 0 Å². The second kappa shape index (κ2) is 21.1. The molecule has 5 nitrogen and oxygen atoms in total. The van der Waals surface area contributed by atoms with E-state index < -0.39 is 7.82 Å². The van der Waals surface area contributed by atoms with Crippen molar-refractivity contribution < 1.29 is 48.4 Å². The van der Waals surface area contributed by atoms with E-state index in [0.29, 0.717) is 0 Å². The van der Waals surface area contributed by atoms with Gasteiger partial charge in [0.05, 0.1) is 6.61 Å². The standard InChI is InChI=1S/C14H31N.C2H7O4P.Na/c1-4-5-6-7-8-9-10-11-12-13-14-15(2)3;1-2-6-7(3,4)5;/h4-14H2,1-3H3;2H2,1H3,(H2,3,4,5);/q;;+1/p-1. The maximum absolute atomic E-state index is 9.59. The SMILES string of the molecule is CCCCCCCCCCCCN(C)C.CCOP(=O)([O-])O.[Na+]. The van der Waals surface area contributed by atoms with Crippen LogP contribution in [0.5, 0.6) is 0 Å². The Hall–Kier alpha value is 1.07. The predicted molar refractivity (Wildman–Crippen MR) is 91.8 cm³/mol. The molecule has 1 atom stereocenters. The zero-order valence-electron chi connectivity index (χ0n) is 16.1. The van der Waals surface area contributed by atoms with E-state index in [-0.39, 0.29) is 36.2 Å². The van der Waals surface area contributed by atoms with Crippen LogP contribution >= 0.6 is 7.82 Å². The van der Waals surface area contributed by atoms with Gasteiger partial charge in [-0.15, -0.1) is 0 Å². The average Bonchev–Trinajstić information content (AvgIpc) is 2.40. The van der Waals surface area contributed by atoms with Gasteiger partial charge in [0.25, 0.3) is 7.82 Å². The third kappa shape index (κ3) is 35.1. The minimum Gasteiger partial charge on any atom is -0.756 e. The molecule has 0 aliphatic heterocycles. The molecule has 0 heterocycles. The Balaban J connectivity index is -0.000000425. The molecule has 7 heteroatoms. The van der Waals surface area contributed by atoms with Gasteiger partial charge in [0.2, 0.25) is 0 Å². The molecule has 0 fully saturated rings. The number of rotatable bonds is 13. The molecule has 0 aromatic heterocycles. The molecule has 0 aromatic rings. The molecule has 0 aromatic carbocycles. The fourth-order valence-electron chi connectivity index (χ4n) is 2.08. The van der Waals surface area contributed by atoms with E-state index in [4.69, 9.17) is 4.89 Å². The van der Waals surface area contributed by atoms with Crippen molar-refractivity contribution in [2.45, 2.75) is 78.1 Å². The minimum atomic E-state index is -4.42. The van der Waals surface area contributed by atoms with Crippen LogP contribution in [-0.4, -0.2) is 37.0 Å². The molecule has 0 aliphatic rings. The maximum atomic E-state index is 9.59. The fourth-order valence-corrected chi connectivity index (χ4v) is 2.40. The summed E-state index contributed by atoms with van der Waals surface area (Å²) in [6, 6.07) is 0. The topological polar surface area (TPSA) is 72.8 Å². The number of phosphoric acid groups is 1. The van der Waals surface area contributed by atoms with Crippen LogP contribution in [0.4, 0.5) is 0 Å². The molecule has 136 valence electrons. The molecule has 1 N–H and O–H groups in total. The summed E-state index contributed by atoms with van der Waals surface area (Å²) in [6.07, 6.45) is 14.4. The molecule has 0 rings (SSSR count). The number of hydrogen-bond donors (Lipinski definition) is 1. The molecule has 1 unspecified atom stereocenters. The summed E-state index contributed by atoms with van der Waals surface area (Å²) in [5.41, 5.74) is 0. The third-order valence-electron chi connectivity index (χ3n) is 3.25. The van der Waals surface area contributed by atoms with E-state index in [9.17, 15) is 9.46 Å². The van der Waals surface area contributed by atoms with Crippen molar-refractivity contribution in [3.8, 4) is 0 Å². The Morgan fingerprint density at radius 3 is 1.57 bits per heavy atom. The Labute approximate surface area is 166 Å². The summed E-state index contributed by atoms with van der Waals surface area (Å²) < 4.78 is 13.4. The first-order valence-corrected chi connectivity index (χ1v) is 10.2. The van der Waals surface area contributed by atoms with Crippen LogP contribution in [0.1, 0.15) is 78.1 Å². The summed E-state index contributed by atoms with van der Waals surface area (Å²) in [6.45, 7) is 5.00. The second-order valence-electron chi connectivity index (χ2n) is 5.87. The normalized spacial score (nSPS) is 13.0. The Morgan fingerprint density at radius 1 is 0.913 bits per heavy atom. The first kappa shape index (κ1) is 28.9. The van der Waals surface area contributed by atoms with Crippen LogP contribution in [0, 0.1) is 0 Å². The Morgan fingerprint density at radius 2 is 1.30 bits per heavy atom. The van der Waals surface area contributed by atoms with Gasteiger partial charge in [-0.25, -0.2) is 0 Å². The van der Waals surface area contributed by atoms with Crippen LogP contribution in [0.3, 0.4) is 0 Å². The van der Waals surface area contributed by atoms with Gasteiger partial charge in [0, 0.05) is 0 Å². The van der Waals surface area contributed by atoms with Crippen molar-refractivity contribution in [1.29, 1.82) is 0 Å². The molecular weight excluding hydrogens is 324 g/mol. The average molecular weight is 361 g/mol. The summed E-state index contributed by atoms with van der Waals surface area (Å²) in [4.78, 5) is 19.7. The van der Waals surface area contributed by atoms with Crippen LogP contribution in [0.15, 0.2) is 0 Å². The summed E-state index contributed by atoms with van der Waals surface area (Å²) >= 11 is 0. The van der Waals surface area contributed by atoms with Gasteiger partial charge >= 0.3 is 29.6 Å². The summed E-state index contributed by atoms with van der Waals surface area (Å²) in [5.74, 6) is 0. The molecule has 0 radical (unpaired) electrons. The maximum Gasteiger partial charge on any atom is 1.00 e. The fraction of sp³-hybridized carbons (Fsp3) is 1.00. The predicted octanol–water partition coefficient (Wildman–Crippen LogP) is 0.957. The quantitative estimate of drug-likeness (QED) is 0.300. The Bertz CT molecular complexity index is 262. The van der Waals surface area contributed by atoms with Gasteiger partial charge in [-0.1, -0.05) is 64.7 Å². The summed E-state index contributed by atoms with van der Waals surface area (Å²) in [5, 5.41) is 0. The number of unbranched alkanes of at least 4 members (excludes halogenated alkanes) is 9. The first-order chi connectivity index (χ1) is 10.3. The van der Waals surface area contributed by atoms with Gasteiger partial charge in [0.1, 0.15) is 0 Å². The zero-order valence-corrected chi connectivity index (χ0v) is 18.9. The van der Waals surface area contributed by atoms with E-state index >= 15 is 0 Å². The van der Waals surface area contributed by atoms with Crippen LogP contribution in [-0.2, 0) is 9.09 Å². The smallest absolute Gasteiger partial charge is 0.756 e. The first-order valence-electron chi connectivity index (χ1n) is 8.66. The molecule has 0 spiro atoms. The second-order valence-corrected chi connectivity index (χ2v) is 7.07. The monoisotopic (exact) mass is 361 g/mol. The van der Waals surface area contributed by atoms with Gasteiger partial charge in [-0.2, -0.15) is 0 Å². The van der Waals surface area contributed by atoms with Crippen molar-refractivity contribution in [3.05, 3.63) is 0 Å². The molecule has 0 bridgehead atoms. The molecule has 23 heavy (non-hydrogen) atoms. The van der Waals surface area contributed by atoms with Gasteiger partial charge in [0.15, 0.2) is 0 Å². The molecule has 0 saturated heterocycles. The number of hydrogen-bond acceptors (Lipinski definition) is 4. The van der Waals surface area contributed by atoms with Crippen molar-refractivity contribution >= 4 is 7.82 Å². The van der Waals surface area contributed by atoms with E-state index in [1.165, 1.54) is 77.7 Å². The van der Waals surface area contributed by atoms with Crippen LogP contribution in [0.25, 0.3) is 0 Å². The van der Waals surface area contributed by atoms with Crippen molar-refractivity contribution in [3.63, 3.8) is 0 Å². The van der Waals surface area contributed by atoms with Crippen LogP contribution in [0.2, 0.25) is 0 Å². The zero-order chi connectivity index (χ0) is 17.3.